The van der Waals surface area contributed by atoms with Crippen molar-refractivity contribution in [2.75, 3.05) is 27.6 Å². The molecule has 0 saturated carbocycles. The first-order valence-corrected chi connectivity index (χ1v) is 10.6. The van der Waals surface area contributed by atoms with E-state index >= 15 is 0 Å². The second-order valence-corrected chi connectivity index (χ2v) is 7.36. The normalized spacial score (nSPS) is 11.5. The number of thioether (sulfide) groups is 1. The quantitative estimate of drug-likeness (QED) is 0.522. The summed E-state index contributed by atoms with van der Waals surface area (Å²) >= 11 is 1.60. The maximum atomic E-state index is 12.6. The molecule has 2 N–H and O–H groups in total. The highest BCUT2D eigenvalue weighted by Gasteiger charge is 2.20. The summed E-state index contributed by atoms with van der Waals surface area (Å²) in [5, 5.41) is 12.1. The molecule has 30 heavy (non-hydrogen) atoms. The van der Waals surface area contributed by atoms with Crippen molar-refractivity contribution in [1.82, 2.24) is 5.32 Å². The lowest BCUT2D eigenvalue weighted by atomic mass is 10.0. The van der Waals surface area contributed by atoms with Gasteiger partial charge in [0, 0.05) is 11.3 Å². The van der Waals surface area contributed by atoms with Gasteiger partial charge in [-0.15, -0.1) is 11.8 Å². The third-order valence-corrected chi connectivity index (χ3v) is 5.38. The molecular formula is C22H27NO6S. The molecule has 7 nitrogen and oxygen atoms in total. The van der Waals surface area contributed by atoms with Crippen LogP contribution in [0, 0.1) is 0 Å². The van der Waals surface area contributed by atoms with Crippen LogP contribution in [0.2, 0.25) is 0 Å². The molecule has 1 atom stereocenters. The molecule has 2 rings (SSSR count). The fourth-order valence-electron chi connectivity index (χ4n) is 3.14. The molecule has 0 heterocycles. The third kappa shape index (κ3) is 6.06. The number of rotatable bonds is 11. The molecule has 0 fully saturated rings. The summed E-state index contributed by atoms with van der Waals surface area (Å²) in [6, 6.07) is 10.5. The first kappa shape index (κ1) is 23.4. The third-order valence-electron chi connectivity index (χ3n) is 4.64. The van der Waals surface area contributed by atoms with Gasteiger partial charge in [-0.2, -0.15) is 0 Å². The Kier molecular flexibility index (Phi) is 8.86. The molecule has 0 aliphatic rings. The monoisotopic (exact) mass is 433 g/mol. The average molecular weight is 434 g/mol. The Balaban J connectivity index is 2.11. The van der Waals surface area contributed by atoms with Crippen LogP contribution >= 0.6 is 11.8 Å². The Labute approximate surface area is 180 Å². The summed E-state index contributed by atoms with van der Waals surface area (Å²) in [4.78, 5) is 24.9. The van der Waals surface area contributed by atoms with Gasteiger partial charge in [0.15, 0.2) is 11.5 Å². The summed E-state index contributed by atoms with van der Waals surface area (Å²) in [5.74, 6) is 0.301. The second kappa shape index (κ2) is 11.3. The number of aliphatic carboxylic acids is 1. The standard InChI is InChI=1S/C22H27NO6S/c1-27-18-11-7-15(21(28-2)22(18)29-3)8-12-19(24)23-17(13-20(25)26)14-5-9-16(30-4)10-6-14/h5-7,9-11,17H,8,12-13H2,1-4H3,(H,23,24)(H,25,26). The predicted molar refractivity (Wildman–Crippen MR) is 116 cm³/mol. The summed E-state index contributed by atoms with van der Waals surface area (Å²) < 4.78 is 16.1. The Hall–Kier alpha value is -2.87. The number of aryl methyl sites for hydroxylation is 1. The van der Waals surface area contributed by atoms with E-state index in [1.54, 1.807) is 24.9 Å². The predicted octanol–water partition coefficient (Wildman–Crippen LogP) is 3.70. The van der Waals surface area contributed by atoms with Crippen LogP contribution in [0.1, 0.15) is 30.0 Å². The highest BCUT2D eigenvalue weighted by Crippen LogP contribution is 2.40. The van der Waals surface area contributed by atoms with Crippen LogP contribution in [-0.2, 0) is 16.0 Å². The average Bonchev–Trinajstić information content (AvgIpc) is 2.76. The van der Waals surface area contributed by atoms with E-state index in [2.05, 4.69) is 5.32 Å². The maximum absolute atomic E-state index is 12.6. The number of nitrogens with one attached hydrogen (secondary N) is 1. The van der Waals surface area contributed by atoms with Gasteiger partial charge in [0.25, 0.3) is 0 Å². The number of methoxy groups -OCH3 is 3. The van der Waals surface area contributed by atoms with Crippen LogP contribution < -0.4 is 19.5 Å². The molecule has 0 bridgehead atoms. The lowest BCUT2D eigenvalue weighted by molar-refractivity contribution is -0.137. The van der Waals surface area contributed by atoms with Gasteiger partial charge in [0.2, 0.25) is 11.7 Å². The molecule has 0 spiro atoms. The van der Waals surface area contributed by atoms with Gasteiger partial charge in [0.05, 0.1) is 33.8 Å². The minimum atomic E-state index is -0.976. The van der Waals surface area contributed by atoms with E-state index in [-0.39, 0.29) is 18.7 Å². The number of amides is 1. The highest BCUT2D eigenvalue weighted by atomic mass is 32.2. The van der Waals surface area contributed by atoms with Gasteiger partial charge < -0.3 is 24.6 Å². The van der Waals surface area contributed by atoms with Gasteiger partial charge in [-0.05, 0) is 42.0 Å². The van der Waals surface area contributed by atoms with E-state index < -0.39 is 12.0 Å². The van der Waals surface area contributed by atoms with Crippen molar-refractivity contribution in [3.8, 4) is 17.2 Å². The zero-order chi connectivity index (χ0) is 22.1. The number of carbonyl (C=O) groups is 2. The van der Waals surface area contributed by atoms with Crippen molar-refractivity contribution in [2.24, 2.45) is 0 Å². The lowest BCUT2D eigenvalue weighted by Gasteiger charge is -2.19. The fourth-order valence-corrected chi connectivity index (χ4v) is 3.55. The van der Waals surface area contributed by atoms with E-state index in [0.29, 0.717) is 23.7 Å². The minimum Gasteiger partial charge on any atom is -0.493 e. The second-order valence-electron chi connectivity index (χ2n) is 6.48. The van der Waals surface area contributed by atoms with Crippen LogP contribution in [0.4, 0.5) is 0 Å². The molecule has 0 aliphatic carbocycles. The number of benzene rings is 2. The van der Waals surface area contributed by atoms with E-state index in [9.17, 15) is 14.7 Å². The summed E-state index contributed by atoms with van der Waals surface area (Å²) in [6.07, 6.45) is 2.35. The van der Waals surface area contributed by atoms with E-state index in [1.807, 2.05) is 36.6 Å². The van der Waals surface area contributed by atoms with Gasteiger partial charge in [0.1, 0.15) is 0 Å². The first-order valence-electron chi connectivity index (χ1n) is 9.36. The molecule has 162 valence electrons. The SMILES string of the molecule is COc1ccc(CCC(=O)NC(CC(=O)O)c2ccc(SC)cc2)c(OC)c1OC. The summed E-state index contributed by atoms with van der Waals surface area (Å²) in [7, 11) is 4.59. The van der Waals surface area contributed by atoms with Crippen molar-refractivity contribution in [3.05, 3.63) is 47.5 Å². The fraction of sp³-hybridized carbons (Fsp3) is 0.364. The molecule has 8 heteroatoms. The molecule has 1 unspecified atom stereocenters. The number of ether oxygens (including phenoxy) is 3. The number of hydrogen-bond acceptors (Lipinski definition) is 6. The van der Waals surface area contributed by atoms with E-state index in [1.165, 1.54) is 14.2 Å². The van der Waals surface area contributed by atoms with Gasteiger partial charge in [-0.1, -0.05) is 18.2 Å². The van der Waals surface area contributed by atoms with Crippen molar-refractivity contribution >= 4 is 23.6 Å². The number of hydrogen-bond donors (Lipinski definition) is 2. The van der Waals surface area contributed by atoms with Crippen molar-refractivity contribution in [1.29, 1.82) is 0 Å². The van der Waals surface area contributed by atoms with Crippen LogP contribution in [0.15, 0.2) is 41.3 Å². The van der Waals surface area contributed by atoms with Gasteiger partial charge in [-0.25, -0.2) is 0 Å². The molecule has 0 aliphatic heterocycles. The first-order chi connectivity index (χ1) is 14.4. The number of carboxylic acids is 1. The van der Waals surface area contributed by atoms with Gasteiger partial charge >= 0.3 is 5.97 Å². The number of carbonyl (C=O) groups excluding carboxylic acids is 1. The van der Waals surface area contributed by atoms with Gasteiger partial charge in [-0.3, -0.25) is 9.59 Å². The largest absolute Gasteiger partial charge is 0.493 e. The maximum Gasteiger partial charge on any atom is 0.305 e. The molecule has 0 radical (unpaired) electrons. The molecular weight excluding hydrogens is 406 g/mol. The Morgan fingerprint density at radius 2 is 1.67 bits per heavy atom. The molecule has 0 aromatic heterocycles. The van der Waals surface area contributed by atoms with Crippen LogP contribution in [0.3, 0.4) is 0 Å². The van der Waals surface area contributed by atoms with Crippen LogP contribution in [0.5, 0.6) is 17.2 Å². The van der Waals surface area contributed by atoms with Crippen molar-refractivity contribution in [3.63, 3.8) is 0 Å². The number of carboxylic acid groups (broad SMARTS) is 1. The smallest absolute Gasteiger partial charge is 0.305 e. The Bertz CT molecular complexity index is 869. The van der Waals surface area contributed by atoms with Crippen molar-refractivity contribution < 1.29 is 28.9 Å². The zero-order valence-electron chi connectivity index (χ0n) is 17.6. The van der Waals surface area contributed by atoms with E-state index in [0.717, 1.165) is 16.0 Å². The topological polar surface area (TPSA) is 94.1 Å². The van der Waals surface area contributed by atoms with Crippen LogP contribution in [-0.4, -0.2) is 44.6 Å². The Morgan fingerprint density at radius 3 is 2.20 bits per heavy atom. The Morgan fingerprint density at radius 1 is 1.00 bits per heavy atom. The van der Waals surface area contributed by atoms with Crippen molar-refractivity contribution in [2.45, 2.75) is 30.2 Å². The molecule has 0 saturated heterocycles. The summed E-state index contributed by atoms with van der Waals surface area (Å²) in [5.41, 5.74) is 1.55. The highest BCUT2D eigenvalue weighted by molar-refractivity contribution is 7.98. The molecule has 2 aromatic carbocycles. The van der Waals surface area contributed by atoms with E-state index in [4.69, 9.17) is 14.2 Å². The lowest BCUT2D eigenvalue weighted by Crippen LogP contribution is -2.30. The molecule has 1 amide bonds. The minimum absolute atomic E-state index is 0.171. The van der Waals surface area contributed by atoms with Crippen LogP contribution in [0.25, 0.3) is 0 Å². The zero-order valence-corrected chi connectivity index (χ0v) is 18.4. The molecule has 2 aromatic rings. The summed E-state index contributed by atoms with van der Waals surface area (Å²) in [6.45, 7) is 0.